The Morgan fingerprint density at radius 1 is 1.00 bits per heavy atom. The Morgan fingerprint density at radius 3 is 2.44 bits per heavy atom. The van der Waals surface area contributed by atoms with Gasteiger partial charge in [-0.25, -0.2) is 18.6 Å². The Labute approximate surface area is 155 Å². The molecule has 0 bridgehead atoms. The maximum atomic E-state index is 13.8. The average Bonchev–Trinajstić information content (AvgIpc) is 3.20. The molecule has 0 fully saturated rings. The summed E-state index contributed by atoms with van der Waals surface area (Å²) in [5.74, 6) is -1.99. The van der Waals surface area contributed by atoms with Gasteiger partial charge in [0.05, 0.1) is 16.0 Å². The van der Waals surface area contributed by atoms with E-state index in [1.54, 1.807) is 6.07 Å². The van der Waals surface area contributed by atoms with Crippen LogP contribution < -0.4 is 11.2 Å². The number of fused-ring (bicyclic) bond motifs is 1. The van der Waals surface area contributed by atoms with Crippen LogP contribution in [0.15, 0.2) is 51.4 Å². The van der Waals surface area contributed by atoms with Crippen LogP contribution in [-0.2, 0) is 14.1 Å². The third-order valence-electron chi connectivity index (χ3n) is 4.41. The predicted octanol–water partition coefficient (Wildman–Crippen LogP) is 3.31. The fraction of sp³-hybridized carbons (Fsp3) is 0.105. The lowest BCUT2D eigenvalue weighted by molar-refractivity contribution is 0.509. The quantitative estimate of drug-likeness (QED) is 0.532. The molecule has 1 aromatic carbocycles. The number of nitrogens with zero attached hydrogens (tertiary/aromatic N) is 3. The molecule has 0 unspecified atom stereocenters. The van der Waals surface area contributed by atoms with Crippen LogP contribution in [0.5, 0.6) is 0 Å². The summed E-state index contributed by atoms with van der Waals surface area (Å²) in [5, 5.41) is 2.05. The van der Waals surface area contributed by atoms with E-state index < -0.39 is 22.9 Å². The van der Waals surface area contributed by atoms with Gasteiger partial charge < -0.3 is 0 Å². The van der Waals surface area contributed by atoms with E-state index in [1.165, 1.54) is 36.1 Å². The Hall–Kier alpha value is -3.13. The van der Waals surface area contributed by atoms with E-state index in [9.17, 15) is 18.4 Å². The normalized spacial score (nSPS) is 11.3. The summed E-state index contributed by atoms with van der Waals surface area (Å²) < 4.78 is 29.5. The number of hydrogen-bond donors (Lipinski definition) is 0. The molecule has 0 aliphatic rings. The molecule has 3 heterocycles. The van der Waals surface area contributed by atoms with Crippen molar-refractivity contribution in [2.24, 2.45) is 14.1 Å². The number of aryl methyl sites for hydroxylation is 1. The van der Waals surface area contributed by atoms with Crippen molar-refractivity contribution in [2.75, 3.05) is 0 Å². The van der Waals surface area contributed by atoms with Crippen LogP contribution in [0.2, 0.25) is 0 Å². The van der Waals surface area contributed by atoms with Crippen molar-refractivity contribution >= 4 is 22.4 Å². The monoisotopic (exact) mass is 385 g/mol. The van der Waals surface area contributed by atoms with E-state index in [0.29, 0.717) is 16.8 Å². The van der Waals surface area contributed by atoms with E-state index in [0.717, 1.165) is 21.6 Å². The Balaban J connectivity index is 2.19. The molecule has 5 nitrogen and oxygen atoms in total. The summed E-state index contributed by atoms with van der Waals surface area (Å²) in [6.45, 7) is 0. The highest BCUT2D eigenvalue weighted by Crippen LogP contribution is 2.32. The van der Waals surface area contributed by atoms with Gasteiger partial charge in [0, 0.05) is 19.7 Å². The molecule has 0 amide bonds. The number of rotatable bonds is 2. The molecule has 4 rings (SSSR count). The lowest BCUT2D eigenvalue weighted by Gasteiger charge is -2.13. The first-order chi connectivity index (χ1) is 12.9. The molecule has 0 spiro atoms. The molecule has 0 N–H and O–H groups in total. The number of benzene rings is 1. The smallest absolute Gasteiger partial charge is 0.280 e. The Morgan fingerprint density at radius 2 is 1.78 bits per heavy atom. The van der Waals surface area contributed by atoms with Gasteiger partial charge >= 0.3 is 5.69 Å². The van der Waals surface area contributed by atoms with Gasteiger partial charge in [-0.15, -0.1) is 11.3 Å². The van der Waals surface area contributed by atoms with E-state index in [2.05, 4.69) is 4.98 Å². The minimum Gasteiger partial charge on any atom is -0.280 e. The van der Waals surface area contributed by atoms with Crippen molar-refractivity contribution in [3.05, 3.63) is 74.3 Å². The summed E-state index contributed by atoms with van der Waals surface area (Å²) in [6, 6.07) is 8.81. The van der Waals surface area contributed by atoms with Crippen LogP contribution >= 0.6 is 11.3 Å². The number of aromatic nitrogens is 3. The molecular formula is C19H13F2N3O2S. The average molecular weight is 385 g/mol. The second kappa shape index (κ2) is 6.24. The minimum atomic E-state index is -1.02. The second-order valence-electron chi connectivity index (χ2n) is 6.07. The number of thiophene rings is 1. The zero-order chi connectivity index (χ0) is 19.3. The molecule has 8 heteroatoms. The van der Waals surface area contributed by atoms with Gasteiger partial charge in [-0.2, -0.15) is 0 Å². The topological polar surface area (TPSA) is 56.9 Å². The highest BCUT2D eigenvalue weighted by Gasteiger charge is 2.18. The Kier molecular flexibility index (Phi) is 4.00. The number of pyridine rings is 1. The predicted molar refractivity (Wildman–Crippen MR) is 101 cm³/mol. The van der Waals surface area contributed by atoms with Crippen LogP contribution in [0.25, 0.3) is 32.7 Å². The molecule has 27 heavy (non-hydrogen) atoms. The summed E-state index contributed by atoms with van der Waals surface area (Å²) in [7, 11) is 2.89. The molecule has 0 saturated carbocycles. The second-order valence-corrected chi connectivity index (χ2v) is 7.01. The summed E-state index contributed by atoms with van der Waals surface area (Å²) >= 11 is 1.44. The van der Waals surface area contributed by atoms with E-state index in [-0.39, 0.29) is 11.0 Å². The Bertz CT molecular complexity index is 1310. The lowest BCUT2D eigenvalue weighted by atomic mass is 10.0. The van der Waals surface area contributed by atoms with Gasteiger partial charge in [0.15, 0.2) is 17.3 Å². The van der Waals surface area contributed by atoms with E-state index in [1.807, 2.05) is 17.5 Å². The molecule has 3 aromatic heterocycles. The van der Waals surface area contributed by atoms with Gasteiger partial charge in [0.1, 0.15) is 0 Å². The van der Waals surface area contributed by atoms with Crippen molar-refractivity contribution in [2.45, 2.75) is 0 Å². The van der Waals surface area contributed by atoms with Crippen LogP contribution in [0.3, 0.4) is 0 Å². The van der Waals surface area contributed by atoms with Gasteiger partial charge in [0.2, 0.25) is 0 Å². The third-order valence-corrected chi connectivity index (χ3v) is 5.31. The van der Waals surface area contributed by atoms with Gasteiger partial charge in [-0.1, -0.05) is 12.1 Å². The molecule has 0 saturated heterocycles. The first-order valence-electron chi connectivity index (χ1n) is 7.98. The van der Waals surface area contributed by atoms with Crippen LogP contribution in [0.4, 0.5) is 8.78 Å². The van der Waals surface area contributed by atoms with E-state index >= 15 is 0 Å². The van der Waals surface area contributed by atoms with Gasteiger partial charge in [-0.05, 0) is 35.2 Å². The van der Waals surface area contributed by atoms with Crippen molar-refractivity contribution in [1.82, 2.24) is 14.1 Å². The van der Waals surface area contributed by atoms with E-state index in [4.69, 9.17) is 0 Å². The fourth-order valence-corrected chi connectivity index (χ4v) is 3.68. The maximum absolute atomic E-state index is 13.8. The maximum Gasteiger partial charge on any atom is 0.332 e. The standard InChI is InChI=1S/C19H13F2N3O2S/c1-23-17-16(18(25)24(2)19(23)26)11(10-5-6-12(20)13(21)8-10)9-14(22-17)15-4-3-7-27-15/h3-9H,1-2H3. The van der Waals surface area contributed by atoms with Crippen molar-refractivity contribution in [3.63, 3.8) is 0 Å². The summed E-state index contributed by atoms with van der Waals surface area (Å²) in [4.78, 5) is 30.4. The zero-order valence-corrected chi connectivity index (χ0v) is 15.2. The summed E-state index contributed by atoms with van der Waals surface area (Å²) in [5.41, 5.74) is 0.389. The summed E-state index contributed by atoms with van der Waals surface area (Å²) in [6.07, 6.45) is 0. The van der Waals surface area contributed by atoms with Gasteiger partial charge in [-0.3, -0.25) is 13.9 Å². The fourth-order valence-electron chi connectivity index (χ4n) is 3.00. The third kappa shape index (κ3) is 2.69. The van der Waals surface area contributed by atoms with Gasteiger partial charge in [0.25, 0.3) is 5.56 Å². The van der Waals surface area contributed by atoms with Crippen molar-refractivity contribution in [1.29, 1.82) is 0 Å². The zero-order valence-electron chi connectivity index (χ0n) is 14.4. The highest BCUT2D eigenvalue weighted by atomic mass is 32.1. The SMILES string of the molecule is Cn1c(=O)c2c(-c3ccc(F)c(F)c3)cc(-c3cccs3)nc2n(C)c1=O. The molecular weight excluding hydrogens is 372 g/mol. The van der Waals surface area contributed by atoms with Crippen LogP contribution in [-0.4, -0.2) is 14.1 Å². The van der Waals surface area contributed by atoms with Crippen molar-refractivity contribution in [3.8, 4) is 21.7 Å². The number of halogens is 2. The largest absolute Gasteiger partial charge is 0.332 e. The molecule has 0 aliphatic heterocycles. The molecule has 4 aromatic rings. The first kappa shape index (κ1) is 17.3. The van der Waals surface area contributed by atoms with Crippen LogP contribution in [0.1, 0.15) is 0 Å². The van der Waals surface area contributed by atoms with Crippen molar-refractivity contribution < 1.29 is 8.78 Å². The highest BCUT2D eigenvalue weighted by molar-refractivity contribution is 7.13. The molecule has 0 atom stereocenters. The first-order valence-corrected chi connectivity index (χ1v) is 8.86. The molecule has 136 valence electrons. The molecule has 0 radical (unpaired) electrons. The van der Waals surface area contributed by atoms with Crippen LogP contribution in [0, 0.1) is 11.6 Å². The molecule has 0 aliphatic carbocycles. The lowest BCUT2D eigenvalue weighted by Crippen LogP contribution is -2.37. The number of hydrogen-bond acceptors (Lipinski definition) is 4. The minimum absolute atomic E-state index is 0.172.